The molecule has 0 saturated carbocycles. The van der Waals surface area contributed by atoms with Crippen LogP contribution in [0.15, 0.2) is 47.6 Å². The smallest absolute Gasteiger partial charge is 0.247 e. The maximum absolute atomic E-state index is 13.6. The quantitative estimate of drug-likeness (QED) is 0.585. The molecule has 0 bridgehead atoms. The third kappa shape index (κ3) is 7.03. The summed E-state index contributed by atoms with van der Waals surface area (Å²) in [6, 6.07) is 8.04. The molecule has 2 heterocycles. The summed E-state index contributed by atoms with van der Waals surface area (Å²) in [5.74, 6) is 5.72. The van der Waals surface area contributed by atoms with Crippen molar-refractivity contribution < 1.29 is 23.4 Å². The fourth-order valence-corrected chi connectivity index (χ4v) is 5.74. The summed E-state index contributed by atoms with van der Waals surface area (Å²) in [5.41, 5.74) is 0.473. The second-order valence-electron chi connectivity index (χ2n) is 9.76. The molecular weight excluding hydrogens is 466 g/mol. The Morgan fingerprint density at radius 1 is 1.29 bits per heavy atom. The Kier molecular flexibility index (Phi) is 8.57. The molecule has 9 heteroatoms. The molecule has 8 nitrogen and oxygen atoms in total. The Bertz CT molecular complexity index is 1170. The van der Waals surface area contributed by atoms with Gasteiger partial charge in [0.25, 0.3) is 0 Å². The monoisotopic (exact) mass is 501 g/mol. The van der Waals surface area contributed by atoms with Crippen LogP contribution in [0.5, 0.6) is 5.75 Å². The van der Waals surface area contributed by atoms with Crippen molar-refractivity contribution in [3.8, 4) is 17.6 Å². The van der Waals surface area contributed by atoms with Crippen LogP contribution in [0.3, 0.4) is 0 Å². The zero-order valence-electron chi connectivity index (χ0n) is 21.0. The summed E-state index contributed by atoms with van der Waals surface area (Å²) < 4.78 is 34.9. The minimum absolute atomic E-state index is 0.0419. The van der Waals surface area contributed by atoms with E-state index in [9.17, 15) is 18.6 Å². The number of nitrogens with zero attached hydrogens (tertiary/aromatic N) is 3. The molecule has 2 N–H and O–H groups in total. The summed E-state index contributed by atoms with van der Waals surface area (Å²) in [4.78, 5) is 6.23. The lowest BCUT2D eigenvalue weighted by atomic mass is 10.0. The van der Waals surface area contributed by atoms with E-state index in [1.165, 1.54) is 10.4 Å². The van der Waals surface area contributed by atoms with Crippen molar-refractivity contribution in [2.45, 2.75) is 56.9 Å². The van der Waals surface area contributed by atoms with E-state index in [0.29, 0.717) is 18.7 Å². The van der Waals surface area contributed by atoms with E-state index in [-0.39, 0.29) is 35.8 Å². The number of pyridine rings is 1. The number of likely N-dealkylation sites (N-methyl/N-ethyl adjacent to an activating group) is 1. The lowest BCUT2D eigenvalue weighted by Gasteiger charge is -2.37. The van der Waals surface area contributed by atoms with Gasteiger partial charge in [-0.05, 0) is 63.7 Å². The van der Waals surface area contributed by atoms with Crippen LogP contribution < -0.4 is 4.74 Å². The third-order valence-corrected chi connectivity index (χ3v) is 7.89. The summed E-state index contributed by atoms with van der Waals surface area (Å²) in [6.45, 7) is 8.00. The van der Waals surface area contributed by atoms with Crippen molar-refractivity contribution in [1.29, 1.82) is 0 Å². The van der Waals surface area contributed by atoms with Crippen LogP contribution >= 0.6 is 0 Å². The molecule has 0 aliphatic carbocycles. The predicted molar refractivity (Wildman–Crippen MR) is 134 cm³/mol. The summed E-state index contributed by atoms with van der Waals surface area (Å²) in [7, 11) is -1.92. The van der Waals surface area contributed by atoms with Crippen LogP contribution in [-0.2, 0) is 16.6 Å². The van der Waals surface area contributed by atoms with Crippen LogP contribution in [0.4, 0.5) is 0 Å². The van der Waals surface area contributed by atoms with Crippen molar-refractivity contribution in [3.05, 3.63) is 53.9 Å². The predicted octanol–water partition coefficient (Wildman–Crippen LogP) is 2.10. The highest BCUT2D eigenvalue weighted by molar-refractivity contribution is 7.89. The number of aliphatic hydroxyl groups excluding tert-OH is 1. The maximum Gasteiger partial charge on any atom is 0.247 e. The van der Waals surface area contributed by atoms with E-state index in [1.807, 2.05) is 26.1 Å². The third-order valence-electron chi connectivity index (χ3n) is 5.87. The fourth-order valence-electron chi connectivity index (χ4n) is 3.92. The Labute approximate surface area is 208 Å². The number of fused-ring (bicyclic) bond motifs is 1. The van der Waals surface area contributed by atoms with Crippen LogP contribution in [0.1, 0.15) is 38.8 Å². The molecular formula is C26H35N3O5S. The second-order valence-corrected chi connectivity index (χ2v) is 11.6. The number of benzene rings is 1. The minimum Gasteiger partial charge on any atom is -0.487 e. The Morgan fingerprint density at radius 3 is 2.60 bits per heavy atom. The molecule has 3 atom stereocenters. The van der Waals surface area contributed by atoms with Gasteiger partial charge in [-0.25, -0.2) is 8.42 Å². The van der Waals surface area contributed by atoms with E-state index in [4.69, 9.17) is 4.74 Å². The van der Waals surface area contributed by atoms with E-state index >= 15 is 0 Å². The average molecular weight is 502 g/mol. The first kappa shape index (κ1) is 27.1. The number of aromatic nitrogens is 1. The Hall–Kier alpha value is -2.48. The number of ether oxygens (including phenoxy) is 1. The maximum atomic E-state index is 13.6. The standard InChI is InChI=1S/C26H35N3O5S/c1-19-15-29(20(2)18-30)35(32,33)25-7-6-21(8-11-26(3,4)31)14-23(25)34-24(19)17-28(5)16-22-9-12-27-13-10-22/h6-7,9-10,12-14,19-20,24,30-31H,15-18H2,1-5H3/t19-,20-,24+/m1/s1. The van der Waals surface area contributed by atoms with Gasteiger partial charge in [-0.1, -0.05) is 18.8 Å². The van der Waals surface area contributed by atoms with Crippen LogP contribution in [0.25, 0.3) is 0 Å². The first-order chi connectivity index (χ1) is 16.4. The summed E-state index contributed by atoms with van der Waals surface area (Å²) in [6.07, 6.45) is 3.19. The van der Waals surface area contributed by atoms with Crippen molar-refractivity contribution in [2.24, 2.45) is 5.92 Å². The van der Waals surface area contributed by atoms with Gasteiger partial charge in [-0.3, -0.25) is 9.88 Å². The molecule has 0 spiro atoms. The van der Waals surface area contributed by atoms with E-state index in [0.717, 1.165) is 5.56 Å². The van der Waals surface area contributed by atoms with Crippen molar-refractivity contribution in [2.75, 3.05) is 26.7 Å². The molecule has 0 saturated heterocycles. The lowest BCUT2D eigenvalue weighted by molar-refractivity contribution is 0.0733. The SMILES string of the molecule is C[C@@H]1CN([C@H](C)CO)S(=O)(=O)c2ccc(C#CC(C)(C)O)cc2O[C@H]1CN(C)Cc1ccncc1. The lowest BCUT2D eigenvalue weighted by Crippen LogP contribution is -2.49. The van der Waals surface area contributed by atoms with Gasteiger partial charge >= 0.3 is 0 Å². The Balaban J connectivity index is 2.00. The van der Waals surface area contributed by atoms with Gasteiger partial charge in [0.2, 0.25) is 10.0 Å². The van der Waals surface area contributed by atoms with Crippen molar-refractivity contribution >= 4 is 10.0 Å². The normalized spacial score (nSPS) is 21.1. The van der Waals surface area contributed by atoms with Gasteiger partial charge in [0, 0.05) is 49.6 Å². The van der Waals surface area contributed by atoms with Crippen LogP contribution in [0, 0.1) is 17.8 Å². The fraction of sp³-hybridized carbons (Fsp3) is 0.500. The molecule has 1 aliphatic rings. The molecule has 3 rings (SSSR count). The minimum atomic E-state index is -3.92. The van der Waals surface area contributed by atoms with Gasteiger partial charge in [-0.2, -0.15) is 4.31 Å². The molecule has 0 unspecified atom stereocenters. The summed E-state index contributed by atoms with van der Waals surface area (Å²) in [5, 5.41) is 19.8. The molecule has 0 fully saturated rings. The highest BCUT2D eigenvalue weighted by atomic mass is 32.2. The van der Waals surface area contributed by atoms with E-state index in [1.54, 1.807) is 45.3 Å². The van der Waals surface area contributed by atoms with Gasteiger partial charge in [-0.15, -0.1) is 0 Å². The number of sulfonamides is 1. The number of aliphatic hydroxyl groups is 2. The highest BCUT2D eigenvalue weighted by Crippen LogP contribution is 2.34. The van der Waals surface area contributed by atoms with Crippen LogP contribution in [0.2, 0.25) is 0 Å². The highest BCUT2D eigenvalue weighted by Gasteiger charge is 2.38. The zero-order chi connectivity index (χ0) is 25.8. The van der Waals surface area contributed by atoms with Gasteiger partial charge in [0.1, 0.15) is 22.4 Å². The molecule has 1 aromatic carbocycles. The molecule has 1 aliphatic heterocycles. The molecule has 1 aromatic heterocycles. The molecule has 0 radical (unpaired) electrons. The largest absolute Gasteiger partial charge is 0.487 e. The molecule has 2 aromatic rings. The van der Waals surface area contributed by atoms with Gasteiger partial charge in [0.15, 0.2) is 0 Å². The molecule has 0 amide bonds. The second kappa shape index (κ2) is 11.1. The van der Waals surface area contributed by atoms with E-state index in [2.05, 4.69) is 21.7 Å². The summed E-state index contributed by atoms with van der Waals surface area (Å²) >= 11 is 0. The average Bonchev–Trinajstić information content (AvgIpc) is 2.79. The number of hydrogen-bond donors (Lipinski definition) is 2. The zero-order valence-corrected chi connectivity index (χ0v) is 21.8. The molecule has 35 heavy (non-hydrogen) atoms. The van der Waals surface area contributed by atoms with Gasteiger partial charge in [0.05, 0.1) is 6.61 Å². The topological polar surface area (TPSA) is 103 Å². The number of rotatable bonds is 6. The molecule has 190 valence electrons. The van der Waals surface area contributed by atoms with Crippen LogP contribution in [-0.4, -0.2) is 77.3 Å². The Morgan fingerprint density at radius 2 is 1.97 bits per heavy atom. The van der Waals surface area contributed by atoms with Gasteiger partial charge < -0.3 is 14.9 Å². The van der Waals surface area contributed by atoms with Crippen molar-refractivity contribution in [3.63, 3.8) is 0 Å². The van der Waals surface area contributed by atoms with Crippen molar-refractivity contribution in [1.82, 2.24) is 14.2 Å². The first-order valence-corrected chi connectivity index (χ1v) is 13.1. The van der Waals surface area contributed by atoms with E-state index < -0.39 is 21.7 Å². The first-order valence-electron chi connectivity index (χ1n) is 11.7. The number of hydrogen-bond acceptors (Lipinski definition) is 7.